The molecule has 0 N–H and O–H groups in total. The summed E-state index contributed by atoms with van der Waals surface area (Å²) >= 11 is 0. The van der Waals surface area contributed by atoms with Crippen LogP contribution >= 0.6 is 0 Å². The summed E-state index contributed by atoms with van der Waals surface area (Å²) in [6.07, 6.45) is 7.97. The molecule has 2 nitrogen and oxygen atoms in total. The van der Waals surface area contributed by atoms with E-state index in [1.54, 1.807) is 0 Å². The Kier molecular flexibility index (Phi) is 8.33. The second-order valence-corrected chi connectivity index (χ2v) is 15.2. The Bertz CT molecular complexity index is 3190. The number of anilines is 2. The van der Waals surface area contributed by atoms with Gasteiger partial charge in [0.05, 0.1) is 6.04 Å². The smallest absolute Gasteiger partial charge is 0.136 e. The number of fused-ring (bicyclic) bond motifs is 6. The maximum absolute atomic E-state index is 6.30. The molecule has 1 aromatic heterocycles. The van der Waals surface area contributed by atoms with E-state index in [0.29, 0.717) is 0 Å². The number of furan rings is 1. The zero-order chi connectivity index (χ0) is 38.4. The molecular weight excluding hydrogens is 703 g/mol. The fourth-order valence-electron chi connectivity index (χ4n) is 8.86. The molecule has 1 unspecified atom stereocenters. The Morgan fingerprint density at radius 1 is 0.431 bits per heavy atom. The third-order valence-corrected chi connectivity index (χ3v) is 11.7. The molecule has 0 saturated carbocycles. The lowest BCUT2D eigenvalue weighted by Crippen LogP contribution is -2.30. The van der Waals surface area contributed by atoms with Crippen molar-refractivity contribution in [2.75, 3.05) is 4.90 Å². The molecule has 11 rings (SSSR count). The molecule has 274 valence electrons. The number of hydrogen-bond donors (Lipinski definition) is 0. The summed E-state index contributed by atoms with van der Waals surface area (Å²) in [5, 5.41) is 7.22. The van der Waals surface area contributed by atoms with E-state index >= 15 is 0 Å². The van der Waals surface area contributed by atoms with Crippen LogP contribution in [-0.2, 0) is 0 Å². The van der Waals surface area contributed by atoms with Gasteiger partial charge in [-0.25, -0.2) is 0 Å². The molecular formula is C56H39NO. The van der Waals surface area contributed by atoms with Crippen LogP contribution in [0.4, 0.5) is 11.4 Å². The van der Waals surface area contributed by atoms with E-state index in [9.17, 15) is 0 Å². The highest BCUT2D eigenvalue weighted by molar-refractivity contribution is 6.19. The number of para-hydroxylation sites is 1. The van der Waals surface area contributed by atoms with Gasteiger partial charge >= 0.3 is 0 Å². The Morgan fingerprint density at radius 3 is 1.91 bits per heavy atom. The van der Waals surface area contributed by atoms with Crippen LogP contribution in [0.1, 0.15) is 12.0 Å². The molecule has 0 fully saturated rings. The summed E-state index contributed by atoms with van der Waals surface area (Å²) in [7, 11) is 0. The fraction of sp³-hybridized carbons (Fsp3) is 0.0357. The molecule has 0 saturated heterocycles. The van der Waals surface area contributed by atoms with Gasteiger partial charge in [0, 0.05) is 27.7 Å². The molecule has 1 aliphatic carbocycles. The first-order valence-electron chi connectivity index (χ1n) is 20.1. The monoisotopic (exact) mass is 741 g/mol. The molecule has 0 radical (unpaired) electrons. The first kappa shape index (κ1) is 33.9. The molecule has 1 atom stereocenters. The van der Waals surface area contributed by atoms with Crippen molar-refractivity contribution in [2.24, 2.45) is 0 Å². The lowest BCUT2D eigenvalue weighted by molar-refractivity contribution is 0.669. The van der Waals surface area contributed by atoms with Gasteiger partial charge in [-0.1, -0.05) is 170 Å². The van der Waals surface area contributed by atoms with E-state index in [0.717, 1.165) is 28.7 Å². The van der Waals surface area contributed by atoms with Crippen LogP contribution in [0.2, 0.25) is 0 Å². The fourth-order valence-corrected chi connectivity index (χ4v) is 8.86. The van der Waals surface area contributed by atoms with E-state index in [4.69, 9.17) is 4.42 Å². The van der Waals surface area contributed by atoms with Crippen LogP contribution in [0, 0.1) is 0 Å². The minimum Gasteiger partial charge on any atom is -0.456 e. The predicted octanol–water partition coefficient (Wildman–Crippen LogP) is 15.4. The third kappa shape index (κ3) is 6.07. The zero-order valence-electron chi connectivity index (χ0n) is 31.9. The molecule has 0 amide bonds. The van der Waals surface area contributed by atoms with Crippen molar-refractivity contribution in [1.29, 1.82) is 0 Å². The van der Waals surface area contributed by atoms with Gasteiger partial charge in [0.15, 0.2) is 0 Å². The Morgan fingerprint density at radius 2 is 1.07 bits per heavy atom. The van der Waals surface area contributed by atoms with Gasteiger partial charge in [-0.15, -0.1) is 0 Å². The van der Waals surface area contributed by atoms with Gasteiger partial charge in [-0.3, -0.25) is 0 Å². The molecule has 1 heterocycles. The minimum atomic E-state index is 0.0747. The summed E-state index contributed by atoms with van der Waals surface area (Å²) in [6, 6.07) is 72.6. The Balaban J connectivity index is 1.08. The zero-order valence-corrected chi connectivity index (χ0v) is 31.9. The van der Waals surface area contributed by atoms with E-state index in [1.165, 1.54) is 77.1 Å². The largest absolute Gasteiger partial charge is 0.456 e. The maximum atomic E-state index is 6.30. The van der Waals surface area contributed by atoms with Crippen molar-refractivity contribution in [3.63, 3.8) is 0 Å². The van der Waals surface area contributed by atoms with Crippen molar-refractivity contribution in [3.8, 4) is 33.4 Å². The standard InChI is InChI=1S/C56H39NO/c1-3-12-38(13-4-1)40-26-30-48(31-27-40)57(49-19-11-18-44(35-49)45-24-22-39-14-7-8-17-43(39)34-45)53-32-28-47(36-51(53)41-15-5-2-6-16-41)46-25-23-42-29-33-55-56(52(42)37-46)50-20-9-10-21-54(50)58-55/h1-18,20-37,49H,19H2. The topological polar surface area (TPSA) is 16.4 Å². The number of rotatable bonds is 7. The van der Waals surface area contributed by atoms with Crippen LogP contribution in [-0.4, -0.2) is 6.04 Å². The number of hydrogen-bond acceptors (Lipinski definition) is 2. The summed E-state index contributed by atoms with van der Waals surface area (Å²) in [5.74, 6) is 0. The van der Waals surface area contributed by atoms with Gasteiger partial charge in [0.1, 0.15) is 11.2 Å². The van der Waals surface area contributed by atoms with Gasteiger partial charge < -0.3 is 9.32 Å². The lowest BCUT2D eigenvalue weighted by Gasteiger charge is -2.35. The quantitative estimate of drug-likeness (QED) is 0.162. The highest BCUT2D eigenvalue weighted by atomic mass is 16.3. The second-order valence-electron chi connectivity index (χ2n) is 15.2. The molecule has 0 aliphatic heterocycles. The van der Waals surface area contributed by atoms with Gasteiger partial charge in [-0.05, 0) is 115 Å². The van der Waals surface area contributed by atoms with Crippen LogP contribution in [0.3, 0.4) is 0 Å². The average Bonchev–Trinajstić information content (AvgIpc) is 3.69. The predicted molar refractivity (Wildman–Crippen MR) is 246 cm³/mol. The van der Waals surface area contributed by atoms with Crippen molar-refractivity contribution in [1.82, 2.24) is 0 Å². The summed E-state index contributed by atoms with van der Waals surface area (Å²) in [6.45, 7) is 0. The molecule has 58 heavy (non-hydrogen) atoms. The molecule has 1 aliphatic rings. The van der Waals surface area contributed by atoms with Crippen LogP contribution in [0.5, 0.6) is 0 Å². The average molecular weight is 742 g/mol. The van der Waals surface area contributed by atoms with Gasteiger partial charge in [-0.2, -0.15) is 0 Å². The third-order valence-electron chi connectivity index (χ3n) is 11.7. The summed E-state index contributed by atoms with van der Waals surface area (Å²) in [5.41, 5.74) is 13.7. The van der Waals surface area contributed by atoms with Crippen LogP contribution < -0.4 is 4.90 Å². The molecule has 2 heteroatoms. The van der Waals surface area contributed by atoms with E-state index < -0.39 is 0 Å². The normalized spacial score (nSPS) is 14.0. The number of allylic oxidation sites excluding steroid dienone is 2. The van der Waals surface area contributed by atoms with Crippen molar-refractivity contribution in [3.05, 3.63) is 224 Å². The maximum Gasteiger partial charge on any atom is 0.136 e. The van der Waals surface area contributed by atoms with Crippen molar-refractivity contribution >= 4 is 60.4 Å². The van der Waals surface area contributed by atoms with Gasteiger partial charge in [0.25, 0.3) is 0 Å². The van der Waals surface area contributed by atoms with E-state index in [1.807, 2.05) is 6.07 Å². The second kappa shape index (κ2) is 14.3. The first-order valence-corrected chi connectivity index (χ1v) is 20.1. The Hall–Kier alpha value is -7.42. The number of benzene rings is 9. The van der Waals surface area contributed by atoms with Crippen molar-refractivity contribution < 1.29 is 4.42 Å². The highest BCUT2D eigenvalue weighted by Crippen LogP contribution is 2.43. The van der Waals surface area contributed by atoms with Crippen molar-refractivity contribution in [2.45, 2.75) is 12.5 Å². The molecule has 0 bridgehead atoms. The molecule has 9 aromatic carbocycles. The Labute approximate surface area is 338 Å². The number of nitrogens with zero attached hydrogens (tertiary/aromatic N) is 1. The lowest BCUT2D eigenvalue weighted by atomic mass is 9.91. The summed E-state index contributed by atoms with van der Waals surface area (Å²) in [4.78, 5) is 2.55. The molecule has 10 aromatic rings. The summed E-state index contributed by atoms with van der Waals surface area (Å²) < 4.78 is 6.30. The van der Waals surface area contributed by atoms with Crippen LogP contribution in [0.25, 0.3) is 82.4 Å². The minimum absolute atomic E-state index is 0.0747. The SMILES string of the molecule is C1=CC(c2ccc3ccccc3c2)=CC(N(c2ccc(-c3ccccc3)cc2)c2ccc(-c3ccc4ccc5oc6ccccc6c5c4c3)cc2-c2ccccc2)C1. The van der Waals surface area contributed by atoms with Gasteiger partial charge in [0.2, 0.25) is 0 Å². The van der Waals surface area contributed by atoms with E-state index in [2.05, 4.69) is 217 Å². The highest BCUT2D eigenvalue weighted by Gasteiger charge is 2.25. The molecule has 0 spiro atoms. The van der Waals surface area contributed by atoms with E-state index in [-0.39, 0.29) is 6.04 Å². The first-order chi connectivity index (χ1) is 28.7. The van der Waals surface area contributed by atoms with Crippen LogP contribution in [0.15, 0.2) is 223 Å².